The first-order chi connectivity index (χ1) is 9.66. The Morgan fingerprint density at radius 3 is 2.86 bits per heavy atom. The molecule has 1 saturated heterocycles. The van der Waals surface area contributed by atoms with Crippen molar-refractivity contribution in [2.45, 2.75) is 45.2 Å². The van der Waals surface area contributed by atoms with E-state index in [-0.39, 0.29) is 36.8 Å². The van der Waals surface area contributed by atoms with Gasteiger partial charge < -0.3 is 15.5 Å². The number of carbonyl (C=O) groups excluding carboxylic acids is 1. The molecule has 0 aromatic rings. The minimum atomic E-state index is 0. The second-order valence-corrected chi connectivity index (χ2v) is 6.63. The molecule has 2 atom stereocenters. The lowest BCUT2D eigenvalue weighted by molar-refractivity contribution is -0.117. The predicted molar refractivity (Wildman–Crippen MR) is 97.0 cm³/mol. The summed E-state index contributed by atoms with van der Waals surface area (Å²) in [5.41, 5.74) is 1.05. The normalized spacial score (nSPS) is 24.9. The van der Waals surface area contributed by atoms with Crippen molar-refractivity contribution in [2.24, 2.45) is 4.99 Å². The van der Waals surface area contributed by atoms with E-state index in [1.807, 2.05) is 6.92 Å². The van der Waals surface area contributed by atoms with Crippen LogP contribution in [0.1, 0.15) is 33.1 Å². The molecule has 3 aliphatic heterocycles. The fourth-order valence-electron chi connectivity index (χ4n) is 2.99. The number of amides is 1. The number of aliphatic imine (C=N–C) groups is 1. The number of nitrogens with zero attached hydrogens (tertiary/aromatic N) is 2. The minimum absolute atomic E-state index is 0. The summed E-state index contributed by atoms with van der Waals surface area (Å²) in [6.07, 6.45) is 3.41. The Balaban J connectivity index is 0.00000121. The zero-order valence-corrected chi connectivity index (χ0v) is 15.4. The van der Waals surface area contributed by atoms with Crippen molar-refractivity contribution in [3.63, 3.8) is 0 Å². The Morgan fingerprint density at radius 1 is 1.45 bits per heavy atom. The highest BCUT2D eigenvalue weighted by molar-refractivity contribution is 8.18. The molecule has 0 aromatic heterocycles. The van der Waals surface area contributed by atoms with Crippen LogP contribution < -0.4 is 10.6 Å². The van der Waals surface area contributed by atoms with Crippen LogP contribution in [0.15, 0.2) is 15.6 Å². The molecule has 22 heavy (non-hydrogen) atoms. The van der Waals surface area contributed by atoms with Gasteiger partial charge in [0.2, 0.25) is 0 Å². The lowest BCUT2D eigenvalue weighted by Crippen LogP contribution is -2.45. The second kappa shape index (κ2) is 8.43. The maximum absolute atomic E-state index is 12.5. The zero-order valence-electron chi connectivity index (χ0n) is 12.9. The van der Waals surface area contributed by atoms with Gasteiger partial charge >= 0.3 is 0 Å². The van der Waals surface area contributed by atoms with Gasteiger partial charge in [0.1, 0.15) is 0 Å². The average molecular weight is 367 g/mol. The van der Waals surface area contributed by atoms with Gasteiger partial charge in [0, 0.05) is 30.9 Å². The average Bonchev–Trinajstić information content (AvgIpc) is 3.07. The van der Waals surface area contributed by atoms with Crippen LogP contribution in [0.3, 0.4) is 0 Å². The molecule has 1 amide bonds. The second-order valence-electron chi connectivity index (χ2n) is 5.65. The number of halogens is 2. The number of amidine groups is 1. The fraction of sp³-hybridized carbons (Fsp3) is 0.714. The topological polar surface area (TPSA) is 56.7 Å². The number of fused-ring (bicyclic) bond motifs is 1. The quantitative estimate of drug-likeness (QED) is 0.803. The third kappa shape index (κ3) is 3.91. The van der Waals surface area contributed by atoms with Crippen molar-refractivity contribution in [3.05, 3.63) is 10.6 Å². The van der Waals surface area contributed by atoms with Crippen LogP contribution in [0.2, 0.25) is 0 Å². The highest BCUT2D eigenvalue weighted by Crippen LogP contribution is 2.35. The fourth-order valence-corrected chi connectivity index (χ4v) is 4.08. The smallest absolute Gasteiger partial charge is 0.260 e. The maximum atomic E-state index is 12.5. The molecular formula is C14H24Cl2N4OS. The molecule has 0 bridgehead atoms. The molecule has 126 valence electrons. The first kappa shape index (κ1) is 19.6. The van der Waals surface area contributed by atoms with E-state index in [4.69, 9.17) is 0 Å². The van der Waals surface area contributed by atoms with Crippen molar-refractivity contribution in [1.29, 1.82) is 0 Å². The Morgan fingerprint density at radius 2 is 2.23 bits per heavy atom. The van der Waals surface area contributed by atoms with Gasteiger partial charge in [-0.2, -0.15) is 0 Å². The SMILES string of the molecule is CC1=C(C(=O)NC(C)C2CCCN2)SC2=NCCCN21.Cl.Cl. The monoisotopic (exact) mass is 366 g/mol. The van der Waals surface area contributed by atoms with E-state index in [2.05, 4.69) is 27.4 Å². The van der Waals surface area contributed by atoms with E-state index in [0.717, 1.165) is 48.2 Å². The van der Waals surface area contributed by atoms with E-state index in [1.165, 1.54) is 18.2 Å². The number of allylic oxidation sites excluding steroid dienone is 1. The van der Waals surface area contributed by atoms with Crippen molar-refractivity contribution < 1.29 is 4.79 Å². The predicted octanol–water partition coefficient (Wildman–Crippen LogP) is 2.13. The molecule has 3 rings (SSSR count). The van der Waals surface area contributed by atoms with Crippen LogP contribution in [-0.4, -0.2) is 47.7 Å². The first-order valence-corrected chi connectivity index (χ1v) is 8.23. The summed E-state index contributed by atoms with van der Waals surface area (Å²) in [5.74, 6) is 0.0470. The zero-order chi connectivity index (χ0) is 14.1. The number of thioether (sulfide) groups is 1. The minimum Gasteiger partial charge on any atom is -0.348 e. The summed E-state index contributed by atoms with van der Waals surface area (Å²) >= 11 is 1.52. The van der Waals surface area contributed by atoms with Crippen LogP contribution >= 0.6 is 36.6 Å². The van der Waals surface area contributed by atoms with Crippen molar-refractivity contribution in [2.75, 3.05) is 19.6 Å². The Kier molecular flexibility index (Phi) is 7.52. The number of nitrogens with one attached hydrogen (secondary N) is 2. The molecule has 0 aliphatic carbocycles. The summed E-state index contributed by atoms with van der Waals surface area (Å²) < 4.78 is 0. The van der Waals surface area contributed by atoms with Crippen molar-refractivity contribution >= 4 is 47.7 Å². The van der Waals surface area contributed by atoms with E-state index in [0.29, 0.717) is 6.04 Å². The summed E-state index contributed by atoms with van der Waals surface area (Å²) in [5, 5.41) is 7.57. The van der Waals surface area contributed by atoms with Crippen molar-refractivity contribution in [1.82, 2.24) is 15.5 Å². The third-order valence-corrected chi connectivity index (χ3v) is 5.43. The Hall–Kier alpha value is -0.430. The molecule has 2 N–H and O–H groups in total. The van der Waals surface area contributed by atoms with E-state index in [1.54, 1.807) is 0 Å². The standard InChI is InChI=1S/C14H22N4OS.2ClH/c1-9(11-5-3-6-15-11)17-13(19)12-10(2)18-8-4-7-16-14(18)20-12;;/h9,11,15H,3-8H2,1-2H3,(H,17,19);2*1H. The molecule has 0 saturated carbocycles. The number of hydrogen-bond donors (Lipinski definition) is 2. The van der Waals surface area contributed by atoms with Crippen molar-refractivity contribution in [3.8, 4) is 0 Å². The van der Waals surface area contributed by atoms with Crippen LogP contribution in [0.25, 0.3) is 0 Å². The first-order valence-electron chi connectivity index (χ1n) is 7.42. The molecule has 8 heteroatoms. The molecule has 3 heterocycles. The number of rotatable bonds is 3. The molecule has 1 fully saturated rings. The summed E-state index contributed by atoms with van der Waals surface area (Å²) in [6.45, 7) is 7.03. The van der Waals surface area contributed by atoms with Gasteiger partial charge in [-0.05, 0) is 51.4 Å². The molecule has 5 nitrogen and oxygen atoms in total. The molecule has 2 unspecified atom stereocenters. The highest BCUT2D eigenvalue weighted by atomic mass is 35.5. The maximum Gasteiger partial charge on any atom is 0.260 e. The third-order valence-electron chi connectivity index (χ3n) is 4.21. The van der Waals surface area contributed by atoms with E-state index < -0.39 is 0 Å². The van der Waals surface area contributed by atoms with Crippen LogP contribution in [-0.2, 0) is 4.79 Å². The largest absolute Gasteiger partial charge is 0.348 e. The van der Waals surface area contributed by atoms with Gasteiger partial charge in [-0.25, -0.2) is 0 Å². The Bertz CT molecular complexity index is 477. The lowest BCUT2D eigenvalue weighted by Gasteiger charge is -2.23. The molecule has 0 aromatic carbocycles. The van der Waals surface area contributed by atoms with Gasteiger partial charge in [0.15, 0.2) is 5.17 Å². The molecule has 0 spiro atoms. The molecular weight excluding hydrogens is 343 g/mol. The highest BCUT2D eigenvalue weighted by Gasteiger charge is 2.33. The number of carbonyl (C=O) groups is 1. The summed E-state index contributed by atoms with van der Waals surface area (Å²) in [6, 6.07) is 0.580. The summed E-state index contributed by atoms with van der Waals surface area (Å²) in [4.78, 5) is 20.0. The van der Waals surface area contributed by atoms with Gasteiger partial charge in [0.05, 0.1) is 4.91 Å². The van der Waals surface area contributed by atoms with Gasteiger partial charge in [-0.1, -0.05) is 0 Å². The van der Waals surface area contributed by atoms with Crippen LogP contribution in [0, 0.1) is 0 Å². The van der Waals surface area contributed by atoms with Gasteiger partial charge in [0.25, 0.3) is 5.91 Å². The van der Waals surface area contributed by atoms with Gasteiger partial charge in [-0.15, -0.1) is 24.8 Å². The molecule has 3 aliphatic rings. The summed E-state index contributed by atoms with van der Waals surface area (Å²) in [7, 11) is 0. The van der Waals surface area contributed by atoms with Gasteiger partial charge in [-0.3, -0.25) is 9.79 Å². The van der Waals surface area contributed by atoms with Crippen LogP contribution in [0.4, 0.5) is 0 Å². The number of hydrogen-bond acceptors (Lipinski definition) is 5. The van der Waals surface area contributed by atoms with E-state index >= 15 is 0 Å². The van der Waals surface area contributed by atoms with E-state index in [9.17, 15) is 4.79 Å². The Labute approximate surface area is 148 Å². The lowest BCUT2D eigenvalue weighted by atomic mass is 10.1. The molecule has 0 radical (unpaired) electrons. The van der Waals surface area contributed by atoms with Crippen LogP contribution in [0.5, 0.6) is 0 Å².